The smallest absolute Gasteiger partial charge is 0.159 e. The number of rotatable bonds is 3. The van der Waals surface area contributed by atoms with Crippen LogP contribution < -0.4 is 0 Å². The summed E-state index contributed by atoms with van der Waals surface area (Å²) in [4.78, 5) is 2.22. The molecule has 2 aromatic rings. The Balaban J connectivity index is 1.77. The highest BCUT2D eigenvalue weighted by molar-refractivity contribution is 5.22. The van der Waals surface area contributed by atoms with Crippen molar-refractivity contribution in [2.45, 2.75) is 25.4 Å². The molecule has 4 heteroatoms. The van der Waals surface area contributed by atoms with Crippen molar-refractivity contribution in [1.82, 2.24) is 4.90 Å². The van der Waals surface area contributed by atoms with Gasteiger partial charge in [-0.25, -0.2) is 13.2 Å². The zero-order valence-electron chi connectivity index (χ0n) is 11.5. The van der Waals surface area contributed by atoms with Gasteiger partial charge in [-0.1, -0.05) is 18.2 Å². The first-order valence-electron chi connectivity index (χ1n) is 7.07. The summed E-state index contributed by atoms with van der Waals surface area (Å²) in [7, 11) is 0. The van der Waals surface area contributed by atoms with Crippen LogP contribution in [0, 0.1) is 17.5 Å². The molecule has 110 valence electrons. The Morgan fingerprint density at radius 3 is 2.43 bits per heavy atom. The zero-order valence-corrected chi connectivity index (χ0v) is 11.5. The second-order valence-corrected chi connectivity index (χ2v) is 5.43. The molecule has 0 radical (unpaired) electrons. The average molecular weight is 291 g/mol. The van der Waals surface area contributed by atoms with Gasteiger partial charge in [0.1, 0.15) is 5.82 Å². The van der Waals surface area contributed by atoms with Crippen LogP contribution in [0.1, 0.15) is 30.0 Å². The summed E-state index contributed by atoms with van der Waals surface area (Å²) >= 11 is 0. The molecule has 1 atom stereocenters. The summed E-state index contributed by atoms with van der Waals surface area (Å²) in [6.07, 6.45) is 2.04. The average Bonchev–Trinajstić information content (AvgIpc) is 2.92. The second kappa shape index (κ2) is 5.90. The third-order valence-corrected chi connectivity index (χ3v) is 3.99. The molecule has 0 N–H and O–H groups in total. The van der Waals surface area contributed by atoms with E-state index in [2.05, 4.69) is 4.90 Å². The van der Waals surface area contributed by atoms with Crippen molar-refractivity contribution in [1.29, 1.82) is 0 Å². The van der Waals surface area contributed by atoms with Gasteiger partial charge >= 0.3 is 0 Å². The summed E-state index contributed by atoms with van der Waals surface area (Å²) in [5.41, 5.74) is 1.82. The normalized spacial score (nSPS) is 19.1. The van der Waals surface area contributed by atoms with Crippen molar-refractivity contribution in [3.8, 4) is 0 Å². The van der Waals surface area contributed by atoms with E-state index in [1.54, 1.807) is 18.2 Å². The van der Waals surface area contributed by atoms with Crippen LogP contribution in [0.15, 0.2) is 42.5 Å². The van der Waals surface area contributed by atoms with Gasteiger partial charge in [0, 0.05) is 12.6 Å². The predicted molar refractivity (Wildman–Crippen MR) is 75.1 cm³/mol. The van der Waals surface area contributed by atoms with Gasteiger partial charge in [0.2, 0.25) is 0 Å². The van der Waals surface area contributed by atoms with E-state index >= 15 is 0 Å². The summed E-state index contributed by atoms with van der Waals surface area (Å²) < 4.78 is 39.3. The predicted octanol–water partition coefficient (Wildman–Crippen LogP) is 4.44. The summed E-state index contributed by atoms with van der Waals surface area (Å²) in [5, 5.41) is 0. The molecule has 21 heavy (non-hydrogen) atoms. The van der Waals surface area contributed by atoms with E-state index in [1.807, 2.05) is 0 Å². The maximum Gasteiger partial charge on any atom is 0.159 e. The van der Waals surface area contributed by atoms with Crippen LogP contribution in [-0.2, 0) is 6.54 Å². The Morgan fingerprint density at radius 2 is 1.71 bits per heavy atom. The Kier molecular flexibility index (Phi) is 3.97. The highest BCUT2D eigenvalue weighted by Gasteiger charge is 2.26. The summed E-state index contributed by atoms with van der Waals surface area (Å²) in [5.74, 6) is -1.89. The van der Waals surface area contributed by atoms with E-state index in [-0.39, 0.29) is 11.9 Å². The van der Waals surface area contributed by atoms with Crippen LogP contribution in [0.5, 0.6) is 0 Å². The molecule has 1 aliphatic rings. The fourth-order valence-electron chi connectivity index (χ4n) is 2.95. The van der Waals surface area contributed by atoms with Crippen LogP contribution >= 0.6 is 0 Å². The molecule has 1 heterocycles. The lowest BCUT2D eigenvalue weighted by Crippen LogP contribution is -2.22. The van der Waals surface area contributed by atoms with E-state index in [0.717, 1.165) is 36.6 Å². The van der Waals surface area contributed by atoms with E-state index in [1.165, 1.54) is 18.2 Å². The van der Waals surface area contributed by atoms with Crippen molar-refractivity contribution in [2.75, 3.05) is 6.54 Å². The minimum Gasteiger partial charge on any atom is -0.292 e. The molecular formula is C17H16F3N. The standard InChI is InChI=1S/C17H16F3N/c18-14-6-4-13(5-7-14)17-2-1-9-21(17)11-12-3-8-15(19)16(20)10-12/h3-8,10,17H,1-2,9,11H2/t17-/m0/s1. The molecular weight excluding hydrogens is 275 g/mol. The lowest BCUT2D eigenvalue weighted by molar-refractivity contribution is 0.248. The molecule has 0 unspecified atom stereocenters. The van der Waals surface area contributed by atoms with Crippen LogP contribution in [0.25, 0.3) is 0 Å². The number of nitrogens with zero attached hydrogens (tertiary/aromatic N) is 1. The molecule has 1 aliphatic heterocycles. The quantitative estimate of drug-likeness (QED) is 0.808. The van der Waals surface area contributed by atoms with Crippen molar-refractivity contribution in [3.05, 3.63) is 71.0 Å². The molecule has 0 aromatic heterocycles. The minimum atomic E-state index is -0.824. The van der Waals surface area contributed by atoms with Gasteiger partial charge in [-0.3, -0.25) is 4.90 Å². The van der Waals surface area contributed by atoms with Gasteiger partial charge in [-0.2, -0.15) is 0 Å². The van der Waals surface area contributed by atoms with Gasteiger partial charge in [0.15, 0.2) is 11.6 Å². The lowest BCUT2D eigenvalue weighted by atomic mass is 10.0. The molecule has 1 saturated heterocycles. The molecule has 1 fully saturated rings. The SMILES string of the molecule is Fc1ccc([C@@H]2CCCN2Cc2ccc(F)c(F)c2)cc1. The number of benzene rings is 2. The summed E-state index contributed by atoms with van der Waals surface area (Å²) in [6, 6.07) is 10.7. The Hall–Kier alpha value is -1.81. The molecule has 0 saturated carbocycles. The van der Waals surface area contributed by atoms with Gasteiger partial charge in [-0.15, -0.1) is 0 Å². The van der Waals surface area contributed by atoms with Gasteiger partial charge in [0.25, 0.3) is 0 Å². The van der Waals surface area contributed by atoms with Crippen LogP contribution in [0.2, 0.25) is 0 Å². The van der Waals surface area contributed by atoms with Crippen molar-refractivity contribution < 1.29 is 13.2 Å². The Labute approximate surface area is 122 Å². The molecule has 0 spiro atoms. The second-order valence-electron chi connectivity index (χ2n) is 5.43. The Bertz CT molecular complexity index is 624. The third kappa shape index (κ3) is 3.10. The van der Waals surface area contributed by atoms with Crippen LogP contribution in [-0.4, -0.2) is 11.4 Å². The van der Waals surface area contributed by atoms with Gasteiger partial charge in [0.05, 0.1) is 0 Å². The van der Waals surface area contributed by atoms with Crippen LogP contribution in [0.3, 0.4) is 0 Å². The fourth-order valence-corrected chi connectivity index (χ4v) is 2.95. The lowest BCUT2D eigenvalue weighted by Gasteiger charge is -2.25. The minimum absolute atomic E-state index is 0.207. The molecule has 2 aromatic carbocycles. The highest BCUT2D eigenvalue weighted by atomic mass is 19.2. The van der Waals surface area contributed by atoms with Crippen molar-refractivity contribution >= 4 is 0 Å². The molecule has 3 rings (SSSR count). The summed E-state index contributed by atoms with van der Waals surface area (Å²) in [6.45, 7) is 1.47. The van der Waals surface area contributed by atoms with E-state index < -0.39 is 11.6 Å². The highest BCUT2D eigenvalue weighted by Crippen LogP contribution is 2.33. The van der Waals surface area contributed by atoms with E-state index in [9.17, 15) is 13.2 Å². The van der Waals surface area contributed by atoms with E-state index in [0.29, 0.717) is 6.54 Å². The molecule has 0 aliphatic carbocycles. The van der Waals surface area contributed by atoms with Crippen molar-refractivity contribution in [3.63, 3.8) is 0 Å². The molecule has 1 nitrogen and oxygen atoms in total. The molecule has 0 amide bonds. The largest absolute Gasteiger partial charge is 0.292 e. The maximum atomic E-state index is 13.3. The number of halogens is 3. The maximum absolute atomic E-state index is 13.3. The topological polar surface area (TPSA) is 3.24 Å². The van der Waals surface area contributed by atoms with Crippen molar-refractivity contribution in [2.24, 2.45) is 0 Å². The van der Waals surface area contributed by atoms with Gasteiger partial charge in [-0.05, 0) is 54.8 Å². The Morgan fingerprint density at radius 1 is 0.952 bits per heavy atom. The first-order chi connectivity index (χ1) is 10.1. The molecule has 0 bridgehead atoms. The number of hydrogen-bond donors (Lipinski definition) is 0. The first-order valence-corrected chi connectivity index (χ1v) is 7.07. The van der Waals surface area contributed by atoms with Crippen LogP contribution in [0.4, 0.5) is 13.2 Å². The first kappa shape index (κ1) is 14.1. The third-order valence-electron chi connectivity index (χ3n) is 3.99. The number of likely N-dealkylation sites (tertiary alicyclic amines) is 1. The fraction of sp³-hybridized carbons (Fsp3) is 0.294. The number of hydrogen-bond acceptors (Lipinski definition) is 1. The van der Waals surface area contributed by atoms with E-state index in [4.69, 9.17) is 0 Å². The monoisotopic (exact) mass is 291 g/mol. The van der Waals surface area contributed by atoms with Gasteiger partial charge < -0.3 is 0 Å². The zero-order chi connectivity index (χ0) is 14.8.